The highest BCUT2D eigenvalue weighted by molar-refractivity contribution is 5.45. The molecule has 4 nitrogen and oxygen atoms in total. The second-order valence-electron chi connectivity index (χ2n) is 4.77. The molecule has 4 heteroatoms. The molecule has 0 fully saturated rings. The van der Waals surface area contributed by atoms with Gasteiger partial charge in [-0.25, -0.2) is 0 Å². The molecule has 1 aliphatic rings. The number of nitrogens with two attached hydrogens (primary N) is 1. The number of rotatable bonds is 5. The van der Waals surface area contributed by atoms with Gasteiger partial charge in [-0.2, -0.15) is 0 Å². The van der Waals surface area contributed by atoms with E-state index in [1.54, 1.807) is 6.26 Å². The lowest BCUT2D eigenvalue weighted by molar-refractivity contribution is 0.346. The van der Waals surface area contributed by atoms with Crippen LogP contribution in [-0.4, -0.2) is 6.61 Å². The molecule has 2 heterocycles. The molecule has 1 atom stereocenters. The van der Waals surface area contributed by atoms with Crippen molar-refractivity contribution in [3.8, 4) is 5.75 Å². The van der Waals surface area contributed by atoms with Gasteiger partial charge in [-0.15, -0.1) is 0 Å². The first-order valence-corrected chi connectivity index (χ1v) is 6.61. The minimum atomic E-state index is 0.0816. The molecule has 2 aromatic rings. The van der Waals surface area contributed by atoms with Crippen LogP contribution in [0.4, 0.5) is 0 Å². The van der Waals surface area contributed by atoms with Gasteiger partial charge in [-0.1, -0.05) is 18.2 Å². The van der Waals surface area contributed by atoms with Crippen LogP contribution in [0.1, 0.15) is 29.3 Å². The first-order valence-electron chi connectivity index (χ1n) is 6.61. The number of hydrogen-bond acceptors (Lipinski definition) is 4. The zero-order valence-electron chi connectivity index (χ0n) is 10.8. The second-order valence-corrected chi connectivity index (χ2v) is 4.77. The summed E-state index contributed by atoms with van der Waals surface area (Å²) in [4.78, 5) is 0. The number of furan rings is 1. The summed E-state index contributed by atoms with van der Waals surface area (Å²) in [6.45, 7) is 0.766. The lowest BCUT2D eigenvalue weighted by Gasteiger charge is -2.18. The van der Waals surface area contributed by atoms with Crippen molar-refractivity contribution in [2.45, 2.75) is 25.3 Å². The van der Waals surface area contributed by atoms with Crippen LogP contribution in [0.2, 0.25) is 0 Å². The Kier molecular flexibility index (Phi) is 3.53. The molecule has 0 saturated carbocycles. The third kappa shape index (κ3) is 2.50. The summed E-state index contributed by atoms with van der Waals surface area (Å²) in [5.41, 5.74) is 5.31. The number of benzene rings is 1. The number of nitrogens with one attached hydrogen (secondary N) is 1. The Hall–Kier alpha value is -1.78. The molecule has 100 valence electrons. The average molecular weight is 258 g/mol. The quantitative estimate of drug-likeness (QED) is 0.638. The number of para-hydroxylation sites is 1. The Balaban J connectivity index is 1.77. The van der Waals surface area contributed by atoms with Gasteiger partial charge >= 0.3 is 0 Å². The molecular weight excluding hydrogens is 240 g/mol. The maximum atomic E-state index is 5.73. The Morgan fingerprint density at radius 3 is 3.00 bits per heavy atom. The Labute approximate surface area is 112 Å². The molecule has 3 rings (SSSR count). The van der Waals surface area contributed by atoms with E-state index in [0.717, 1.165) is 42.9 Å². The predicted octanol–water partition coefficient (Wildman–Crippen LogP) is 2.35. The van der Waals surface area contributed by atoms with Gasteiger partial charge in [0.2, 0.25) is 0 Å². The number of ether oxygens (including phenoxy) is 1. The molecule has 0 saturated heterocycles. The van der Waals surface area contributed by atoms with Gasteiger partial charge in [0.1, 0.15) is 11.5 Å². The van der Waals surface area contributed by atoms with E-state index in [2.05, 4.69) is 23.6 Å². The van der Waals surface area contributed by atoms with E-state index in [4.69, 9.17) is 15.0 Å². The normalized spacial score (nSPS) is 15.0. The Bertz CT molecular complexity index is 537. The van der Waals surface area contributed by atoms with Gasteiger partial charge in [0.05, 0.1) is 18.9 Å². The zero-order chi connectivity index (χ0) is 13.1. The Morgan fingerprint density at radius 1 is 1.26 bits per heavy atom. The lowest BCUT2D eigenvalue weighted by atomic mass is 9.98. The van der Waals surface area contributed by atoms with E-state index in [9.17, 15) is 0 Å². The summed E-state index contributed by atoms with van der Waals surface area (Å²) in [6.07, 6.45) is 4.41. The van der Waals surface area contributed by atoms with Crippen LogP contribution in [-0.2, 0) is 12.8 Å². The van der Waals surface area contributed by atoms with E-state index in [-0.39, 0.29) is 6.04 Å². The zero-order valence-corrected chi connectivity index (χ0v) is 10.8. The van der Waals surface area contributed by atoms with Gasteiger partial charge in [0.25, 0.3) is 0 Å². The highest BCUT2D eigenvalue weighted by atomic mass is 16.5. The maximum Gasteiger partial charge on any atom is 0.127 e. The van der Waals surface area contributed by atoms with Crippen LogP contribution in [0.15, 0.2) is 41.0 Å². The molecule has 0 amide bonds. The van der Waals surface area contributed by atoms with Crippen molar-refractivity contribution in [2.75, 3.05) is 6.61 Å². The average Bonchev–Trinajstić information content (AvgIpc) is 3.10. The standard InChI is InChI=1S/C15H18N2O2/c16-17-14(7-6-12-4-2-9-18-12)13-5-1-3-11-8-10-19-15(11)13/h1-5,9,14,17H,6-8,10,16H2. The van der Waals surface area contributed by atoms with Crippen molar-refractivity contribution < 1.29 is 9.15 Å². The van der Waals surface area contributed by atoms with E-state index < -0.39 is 0 Å². The summed E-state index contributed by atoms with van der Waals surface area (Å²) in [5, 5.41) is 0. The van der Waals surface area contributed by atoms with Crippen molar-refractivity contribution in [3.63, 3.8) is 0 Å². The first kappa shape index (κ1) is 12.3. The number of hydrogen-bond donors (Lipinski definition) is 2. The molecule has 19 heavy (non-hydrogen) atoms. The molecule has 0 radical (unpaired) electrons. The molecule has 0 bridgehead atoms. The molecule has 0 aliphatic carbocycles. The van der Waals surface area contributed by atoms with Gasteiger partial charge < -0.3 is 9.15 Å². The smallest absolute Gasteiger partial charge is 0.127 e. The minimum absolute atomic E-state index is 0.0816. The third-order valence-electron chi connectivity index (χ3n) is 3.58. The van der Waals surface area contributed by atoms with Gasteiger partial charge in [-0.3, -0.25) is 11.3 Å². The van der Waals surface area contributed by atoms with Crippen LogP contribution in [0, 0.1) is 0 Å². The van der Waals surface area contributed by atoms with Crippen LogP contribution >= 0.6 is 0 Å². The van der Waals surface area contributed by atoms with E-state index in [1.807, 2.05) is 12.1 Å². The highest BCUT2D eigenvalue weighted by Crippen LogP contribution is 2.34. The molecule has 1 unspecified atom stereocenters. The third-order valence-corrected chi connectivity index (χ3v) is 3.58. The molecule has 3 N–H and O–H groups in total. The number of fused-ring (bicyclic) bond motifs is 1. The van der Waals surface area contributed by atoms with Crippen LogP contribution in [0.3, 0.4) is 0 Å². The monoisotopic (exact) mass is 258 g/mol. The van der Waals surface area contributed by atoms with E-state index >= 15 is 0 Å². The summed E-state index contributed by atoms with van der Waals surface area (Å²) < 4.78 is 11.1. The van der Waals surface area contributed by atoms with E-state index in [1.165, 1.54) is 5.56 Å². The van der Waals surface area contributed by atoms with Crippen LogP contribution in [0.5, 0.6) is 5.75 Å². The fourth-order valence-electron chi connectivity index (χ4n) is 2.59. The van der Waals surface area contributed by atoms with Crippen molar-refractivity contribution >= 4 is 0 Å². The van der Waals surface area contributed by atoms with E-state index in [0.29, 0.717) is 0 Å². The fourth-order valence-corrected chi connectivity index (χ4v) is 2.59. The molecule has 1 aromatic heterocycles. The molecule has 0 spiro atoms. The predicted molar refractivity (Wildman–Crippen MR) is 72.7 cm³/mol. The lowest BCUT2D eigenvalue weighted by Crippen LogP contribution is -2.28. The van der Waals surface area contributed by atoms with Gasteiger partial charge in [-0.05, 0) is 24.1 Å². The topological polar surface area (TPSA) is 60.4 Å². The van der Waals surface area contributed by atoms with Gasteiger partial charge in [0, 0.05) is 18.4 Å². The Morgan fingerprint density at radius 2 is 2.21 bits per heavy atom. The van der Waals surface area contributed by atoms with Gasteiger partial charge in [0.15, 0.2) is 0 Å². The minimum Gasteiger partial charge on any atom is -0.493 e. The fraction of sp³-hybridized carbons (Fsp3) is 0.333. The highest BCUT2D eigenvalue weighted by Gasteiger charge is 2.21. The SMILES string of the molecule is NNC(CCc1ccco1)c1cccc2c1OCC2. The first-order chi connectivity index (χ1) is 9.38. The van der Waals surface area contributed by atoms with Crippen molar-refractivity contribution in [3.05, 3.63) is 53.5 Å². The van der Waals surface area contributed by atoms with Crippen LogP contribution < -0.4 is 16.0 Å². The molecular formula is C15H18N2O2. The molecule has 1 aliphatic heterocycles. The van der Waals surface area contributed by atoms with Crippen LogP contribution in [0.25, 0.3) is 0 Å². The number of hydrazine groups is 1. The van der Waals surface area contributed by atoms with Crippen molar-refractivity contribution in [2.24, 2.45) is 5.84 Å². The molecule has 1 aromatic carbocycles. The maximum absolute atomic E-state index is 5.73. The summed E-state index contributed by atoms with van der Waals surface area (Å²) in [7, 11) is 0. The second kappa shape index (κ2) is 5.47. The van der Waals surface area contributed by atoms with Crippen molar-refractivity contribution in [1.82, 2.24) is 5.43 Å². The summed E-state index contributed by atoms with van der Waals surface area (Å²) in [6, 6.07) is 10.2. The summed E-state index contributed by atoms with van der Waals surface area (Å²) in [5.74, 6) is 7.69. The number of aryl methyl sites for hydroxylation is 1. The summed E-state index contributed by atoms with van der Waals surface area (Å²) >= 11 is 0. The largest absolute Gasteiger partial charge is 0.493 e. The van der Waals surface area contributed by atoms with Crippen molar-refractivity contribution in [1.29, 1.82) is 0 Å².